The third-order valence-corrected chi connectivity index (χ3v) is 4.60. The van der Waals surface area contributed by atoms with Gasteiger partial charge in [-0.05, 0) is 12.1 Å². The molecule has 5 nitrogen and oxygen atoms in total. The standard InChI is InChI=1S/C19H22BrN3O2/c1-3-16(13-9-11-15(20)12-10-13)22-17(14-7-5-4-6-8-14)18(24)23-19(25)21-2/h4-12,16-17,22H,3H2,1-2H3,(H2,21,23,24,25)/p+1/t16-,17+/m0/s1. The van der Waals surface area contributed by atoms with Crippen LogP contribution in [0.2, 0.25) is 0 Å². The molecule has 2 atom stereocenters. The van der Waals surface area contributed by atoms with Gasteiger partial charge in [-0.25, -0.2) is 4.79 Å². The number of nitrogens with two attached hydrogens (primary N) is 1. The van der Waals surface area contributed by atoms with E-state index in [-0.39, 0.29) is 11.9 Å². The number of urea groups is 1. The lowest BCUT2D eigenvalue weighted by Gasteiger charge is -2.21. The van der Waals surface area contributed by atoms with Crippen molar-refractivity contribution in [2.24, 2.45) is 0 Å². The molecule has 2 rings (SSSR count). The molecule has 0 radical (unpaired) electrons. The number of halogens is 1. The third-order valence-electron chi connectivity index (χ3n) is 4.07. The molecule has 0 unspecified atom stereocenters. The molecule has 0 spiro atoms. The molecular weight excluding hydrogens is 382 g/mol. The molecule has 2 aromatic carbocycles. The van der Waals surface area contributed by atoms with Crippen molar-refractivity contribution in [3.05, 3.63) is 70.2 Å². The predicted octanol–water partition coefficient (Wildman–Crippen LogP) is 2.66. The highest BCUT2D eigenvalue weighted by Gasteiger charge is 2.29. The van der Waals surface area contributed by atoms with E-state index in [9.17, 15) is 9.59 Å². The molecule has 0 aliphatic carbocycles. The fourth-order valence-electron chi connectivity index (χ4n) is 2.69. The highest BCUT2D eigenvalue weighted by atomic mass is 79.9. The van der Waals surface area contributed by atoms with Crippen LogP contribution in [-0.4, -0.2) is 19.0 Å². The van der Waals surface area contributed by atoms with Crippen molar-refractivity contribution in [2.45, 2.75) is 25.4 Å². The summed E-state index contributed by atoms with van der Waals surface area (Å²) in [5.41, 5.74) is 2.00. The van der Waals surface area contributed by atoms with Crippen LogP contribution in [0.3, 0.4) is 0 Å². The van der Waals surface area contributed by atoms with Crippen molar-refractivity contribution in [3.8, 4) is 0 Å². The van der Waals surface area contributed by atoms with Crippen molar-refractivity contribution in [3.63, 3.8) is 0 Å². The number of rotatable bonds is 6. The Kier molecular flexibility index (Phi) is 7.16. The van der Waals surface area contributed by atoms with Crippen LogP contribution in [0.5, 0.6) is 0 Å². The molecule has 0 aliphatic rings. The summed E-state index contributed by atoms with van der Waals surface area (Å²) >= 11 is 3.44. The monoisotopic (exact) mass is 404 g/mol. The van der Waals surface area contributed by atoms with Gasteiger partial charge in [-0.3, -0.25) is 10.1 Å². The molecule has 0 saturated heterocycles. The van der Waals surface area contributed by atoms with Crippen LogP contribution < -0.4 is 16.0 Å². The minimum Gasteiger partial charge on any atom is -0.341 e. The first-order valence-electron chi connectivity index (χ1n) is 8.23. The second-order valence-corrected chi connectivity index (χ2v) is 6.63. The van der Waals surface area contributed by atoms with Crippen molar-refractivity contribution in [1.82, 2.24) is 10.6 Å². The quantitative estimate of drug-likeness (QED) is 0.691. The molecule has 0 saturated carbocycles. The maximum Gasteiger partial charge on any atom is 0.321 e. The van der Waals surface area contributed by atoms with Crippen molar-refractivity contribution >= 4 is 27.9 Å². The van der Waals surface area contributed by atoms with E-state index in [0.717, 1.165) is 22.0 Å². The first kappa shape index (κ1) is 19.1. The van der Waals surface area contributed by atoms with Gasteiger partial charge in [0.25, 0.3) is 5.91 Å². The molecule has 0 aromatic heterocycles. The minimum atomic E-state index is -0.507. The topological polar surface area (TPSA) is 74.8 Å². The van der Waals surface area contributed by atoms with Crippen molar-refractivity contribution in [1.29, 1.82) is 0 Å². The fraction of sp³-hybridized carbons (Fsp3) is 0.263. The van der Waals surface area contributed by atoms with Crippen LogP contribution in [0.15, 0.2) is 59.1 Å². The van der Waals surface area contributed by atoms with E-state index in [1.807, 2.05) is 59.9 Å². The summed E-state index contributed by atoms with van der Waals surface area (Å²) in [4.78, 5) is 24.2. The van der Waals surface area contributed by atoms with Gasteiger partial charge in [0.2, 0.25) is 0 Å². The van der Waals surface area contributed by atoms with E-state index in [1.165, 1.54) is 7.05 Å². The smallest absolute Gasteiger partial charge is 0.321 e. The second kappa shape index (κ2) is 9.34. The zero-order valence-electron chi connectivity index (χ0n) is 14.3. The summed E-state index contributed by atoms with van der Waals surface area (Å²) in [7, 11) is 1.49. The molecule has 2 aromatic rings. The van der Waals surface area contributed by atoms with E-state index >= 15 is 0 Å². The highest BCUT2D eigenvalue weighted by Crippen LogP contribution is 2.18. The van der Waals surface area contributed by atoms with E-state index < -0.39 is 12.1 Å². The Labute approximate surface area is 156 Å². The summed E-state index contributed by atoms with van der Waals surface area (Å²) < 4.78 is 1.02. The number of benzene rings is 2. The largest absolute Gasteiger partial charge is 0.341 e. The summed E-state index contributed by atoms with van der Waals surface area (Å²) in [6, 6.07) is 16.7. The zero-order valence-corrected chi connectivity index (χ0v) is 15.9. The Bertz CT molecular complexity index is 704. The van der Waals surface area contributed by atoms with Gasteiger partial charge in [-0.2, -0.15) is 0 Å². The Morgan fingerprint density at radius 1 is 1.04 bits per heavy atom. The zero-order chi connectivity index (χ0) is 18.2. The van der Waals surface area contributed by atoms with E-state index in [2.05, 4.69) is 33.5 Å². The SMILES string of the molecule is CC[C@H]([NH2+][C@@H](C(=O)NC(=O)NC)c1ccccc1)c1ccc(Br)cc1. The number of amides is 3. The number of carbonyl (C=O) groups excluding carboxylic acids is 2. The average molecular weight is 405 g/mol. The number of hydrogen-bond acceptors (Lipinski definition) is 2. The van der Waals surface area contributed by atoms with Gasteiger partial charge in [-0.15, -0.1) is 0 Å². The van der Waals surface area contributed by atoms with Gasteiger partial charge in [-0.1, -0.05) is 65.3 Å². The van der Waals surface area contributed by atoms with Crippen LogP contribution in [-0.2, 0) is 4.79 Å². The van der Waals surface area contributed by atoms with Crippen LogP contribution in [0, 0.1) is 0 Å². The Balaban J connectivity index is 2.26. The fourth-order valence-corrected chi connectivity index (χ4v) is 2.95. The predicted molar refractivity (Wildman–Crippen MR) is 101 cm³/mol. The number of hydrogen-bond donors (Lipinski definition) is 3. The van der Waals surface area contributed by atoms with Crippen LogP contribution in [0.1, 0.15) is 36.6 Å². The third kappa shape index (κ3) is 5.41. The number of quaternary nitrogens is 1. The van der Waals surface area contributed by atoms with Crippen molar-refractivity contribution in [2.75, 3.05) is 7.05 Å². The number of carbonyl (C=O) groups is 2. The van der Waals surface area contributed by atoms with E-state index in [4.69, 9.17) is 0 Å². The second-order valence-electron chi connectivity index (χ2n) is 5.72. The average Bonchev–Trinajstić information content (AvgIpc) is 2.64. The van der Waals surface area contributed by atoms with E-state index in [0.29, 0.717) is 0 Å². The Morgan fingerprint density at radius 3 is 2.24 bits per heavy atom. The van der Waals surface area contributed by atoms with Crippen molar-refractivity contribution < 1.29 is 14.9 Å². The summed E-state index contributed by atoms with van der Waals surface area (Å²) in [5, 5.41) is 6.82. The highest BCUT2D eigenvalue weighted by molar-refractivity contribution is 9.10. The molecule has 4 N–H and O–H groups in total. The summed E-state index contributed by atoms with van der Waals surface area (Å²) in [6.45, 7) is 2.09. The molecule has 25 heavy (non-hydrogen) atoms. The van der Waals surface area contributed by atoms with Crippen LogP contribution in [0.25, 0.3) is 0 Å². The van der Waals surface area contributed by atoms with Gasteiger partial charge in [0.15, 0.2) is 6.04 Å². The van der Waals surface area contributed by atoms with Gasteiger partial charge in [0.05, 0.1) is 0 Å². The van der Waals surface area contributed by atoms with Crippen LogP contribution >= 0.6 is 15.9 Å². The van der Waals surface area contributed by atoms with Gasteiger partial charge >= 0.3 is 6.03 Å². The number of nitrogens with one attached hydrogen (secondary N) is 2. The van der Waals surface area contributed by atoms with Crippen LogP contribution in [0.4, 0.5) is 4.79 Å². The first-order chi connectivity index (χ1) is 12.0. The lowest BCUT2D eigenvalue weighted by Crippen LogP contribution is -2.88. The molecule has 6 heteroatoms. The molecule has 3 amide bonds. The lowest BCUT2D eigenvalue weighted by molar-refractivity contribution is -0.722. The Hall–Kier alpha value is -2.18. The molecule has 0 bridgehead atoms. The maximum atomic E-state index is 12.6. The number of imide groups is 1. The summed E-state index contributed by atoms with van der Waals surface area (Å²) in [6.07, 6.45) is 0.859. The van der Waals surface area contributed by atoms with E-state index in [1.54, 1.807) is 0 Å². The summed E-state index contributed by atoms with van der Waals surface area (Å²) in [5.74, 6) is -0.332. The molecular formula is C19H23BrN3O2+. The molecule has 0 heterocycles. The molecule has 0 aliphatic heterocycles. The first-order valence-corrected chi connectivity index (χ1v) is 9.02. The van der Waals surface area contributed by atoms with Gasteiger partial charge in [0, 0.05) is 29.1 Å². The van der Waals surface area contributed by atoms with Gasteiger partial charge in [0.1, 0.15) is 6.04 Å². The normalized spacial score (nSPS) is 12.9. The lowest BCUT2D eigenvalue weighted by atomic mass is 10.00. The maximum absolute atomic E-state index is 12.6. The molecule has 0 fully saturated rings. The molecule has 132 valence electrons. The minimum absolute atomic E-state index is 0.105. The Morgan fingerprint density at radius 2 is 1.68 bits per heavy atom. The van der Waals surface area contributed by atoms with Gasteiger partial charge < -0.3 is 10.6 Å².